The lowest BCUT2D eigenvalue weighted by Crippen LogP contribution is -2.39. The summed E-state index contributed by atoms with van der Waals surface area (Å²) in [5.74, 6) is 0.473. The number of benzene rings is 1. The number of amides is 1. The van der Waals surface area contributed by atoms with Gasteiger partial charge in [-0.2, -0.15) is 0 Å². The van der Waals surface area contributed by atoms with Gasteiger partial charge in [-0.15, -0.1) is 0 Å². The van der Waals surface area contributed by atoms with Crippen molar-refractivity contribution in [3.8, 4) is 5.88 Å². The number of ether oxygens (including phenoxy) is 1. The number of carbonyl (C=O) groups excluding carboxylic acids is 1. The first-order chi connectivity index (χ1) is 12.0. The number of nitrogens with zero attached hydrogens (tertiary/aromatic N) is 1. The second kappa shape index (κ2) is 8.07. The van der Waals surface area contributed by atoms with Crippen LogP contribution in [0.4, 0.5) is 0 Å². The van der Waals surface area contributed by atoms with Gasteiger partial charge in [-0.25, -0.2) is 4.98 Å². The van der Waals surface area contributed by atoms with Crippen molar-refractivity contribution in [1.82, 2.24) is 10.3 Å². The van der Waals surface area contributed by atoms with Crippen molar-refractivity contribution in [2.45, 2.75) is 44.8 Å². The van der Waals surface area contributed by atoms with Crippen molar-refractivity contribution in [3.05, 3.63) is 57.7 Å². The van der Waals surface area contributed by atoms with Gasteiger partial charge in [0.1, 0.15) is 6.10 Å². The van der Waals surface area contributed by atoms with Crippen LogP contribution in [0.3, 0.4) is 0 Å². The first-order valence-corrected chi connectivity index (χ1v) is 9.12. The number of carbonyl (C=O) groups is 1. The fraction of sp³-hybridized carbons (Fsp3) is 0.368. The molecule has 0 spiro atoms. The van der Waals surface area contributed by atoms with E-state index < -0.39 is 0 Å². The quantitative estimate of drug-likeness (QED) is 0.829. The third-order valence-corrected chi connectivity index (χ3v) is 4.92. The Hall–Kier alpha value is -1.78. The molecule has 4 nitrogen and oxygen atoms in total. The zero-order chi connectivity index (χ0) is 17.8. The lowest BCUT2D eigenvalue weighted by Gasteiger charge is -2.29. The van der Waals surface area contributed by atoms with E-state index in [4.69, 9.17) is 27.9 Å². The summed E-state index contributed by atoms with van der Waals surface area (Å²) in [7, 11) is 0. The first-order valence-electron chi connectivity index (χ1n) is 8.36. The maximum Gasteiger partial charge on any atom is 0.253 e. The van der Waals surface area contributed by atoms with Crippen LogP contribution in [0.5, 0.6) is 5.88 Å². The van der Waals surface area contributed by atoms with E-state index in [9.17, 15) is 4.79 Å². The molecule has 0 saturated heterocycles. The fourth-order valence-corrected chi connectivity index (χ4v) is 3.33. The summed E-state index contributed by atoms with van der Waals surface area (Å²) in [4.78, 5) is 16.7. The Morgan fingerprint density at radius 2 is 1.92 bits per heavy atom. The molecule has 1 N–H and O–H groups in total. The molecule has 25 heavy (non-hydrogen) atoms. The van der Waals surface area contributed by atoms with Crippen LogP contribution < -0.4 is 10.1 Å². The van der Waals surface area contributed by atoms with Crippen molar-refractivity contribution in [2.24, 2.45) is 0 Å². The van der Waals surface area contributed by atoms with E-state index in [0.717, 1.165) is 31.2 Å². The molecule has 0 bridgehead atoms. The minimum atomic E-state index is -0.183. The van der Waals surface area contributed by atoms with Crippen LogP contribution in [0.15, 0.2) is 36.5 Å². The average Bonchev–Trinajstić information content (AvgIpc) is 2.60. The van der Waals surface area contributed by atoms with Gasteiger partial charge in [-0.1, -0.05) is 29.3 Å². The smallest absolute Gasteiger partial charge is 0.253 e. The van der Waals surface area contributed by atoms with Gasteiger partial charge in [0, 0.05) is 23.3 Å². The number of halogens is 2. The summed E-state index contributed by atoms with van der Waals surface area (Å²) in [5, 5.41) is 3.95. The Morgan fingerprint density at radius 1 is 1.16 bits per heavy atom. The highest BCUT2D eigenvalue weighted by Gasteiger charge is 2.24. The Balaban J connectivity index is 1.51. The van der Waals surface area contributed by atoms with E-state index in [-0.39, 0.29) is 18.1 Å². The Labute approximate surface area is 157 Å². The van der Waals surface area contributed by atoms with Gasteiger partial charge in [0.05, 0.1) is 10.6 Å². The van der Waals surface area contributed by atoms with Crippen LogP contribution >= 0.6 is 23.2 Å². The molecule has 6 heteroatoms. The molecule has 2 aromatic rings. The Morgan fingerprint density at radius 3 is 2.60 bits per heavy atom. The van der Waals surface area contributed by atoms with Gasteiger partial charge in [0.15, 0.2) is 0 Å². The SMILES string of the molecule is Cc1ccc(OC2CCC(NC(=O)c3cc(Cl)ccc3Cl)CC2)nc1. The number of hydrogen-bond acceptors (Lipinski definition) is 3. The lowest BCUT2D eigenvalue weighted by atomic mass is 9.92. The van der Waals surface area contributed by atoms with Crippen LogP contribution in [-0.2, 0) is 0 Å². The van der Waals surface area contributed by atoms with E-state index in [1.807, 2.05) is 19.1 Å². The third kappa shape index (κ3) is 4.86. The van der Waals surface area contributed by atoms with E-state index in [2.05, 4.69) is 10.3 Å². The van der Waals surface area contributed by atoms with Crippen LogP contribution in [0.2, 0.25) is 10.0 Å². The van der Waals surface area contributed by atoms with Crippen LogP contribution in [0.25, 0.3) is 0 Å². The highest BCUT2D eigenvalue weighted by atomic mass is 35.5. The van der Waals surface area contributed by atoms with Crippen LogP contribution in [-0.4, -0.2) is 23.0 Å². The molecule has 0 aliphatic heterocycles. The molecular weight excluding hydrogens is 359 g/mol. The van der Waals surface area contributed by atoms with Crippen molar-refractivity contribution in [3.63, 3.8) is 0 Å². The highest BCUT2D eigenvalue weighted by molar-refractivity contribution is 6.35. The number of pyridine rings is 1. The second-order valence-corrected chi connectivity index (χ2v) is 7.21. The van der Waals surface area contributed by atoms with Gasteiger partial charge in [0.25, 0.3) is 5.91 Å². The molecule has 0 atom stereocenters. The molecular formula is C19H20Cl2N2O2. The number of nitrogens with one attached hydrogen (secondary N) is 1. The van der Waals surface area contributed by atoms with Gasteiger partial charge in [0.2, 0.25) is 5.88 Å². The van der Waals surface area contributed by atoms with Gasteiger partial charge < -0.3 is 10.1 Å². The summed E-state index contributed by atoms with van der Waals surface area (Å²) < 4.78 is 5.92. The van der Waals surface area contributed by atoms with Crippen molar-refractivity contribution < 1.29 is 9.53 Å². The van der Waals surface area contributed by atoms with Crippen molar-refractivity contribution in [2.75, 3.05) is 0 Å². The molecule has 1 fully saturated rings. The molecule has 3 rings (SSSR count). The first kappa shape index (κ1) is 18.0. The highest BCUT2D eigenvalue weighted by Crippen LogP contribution is 2.25. The summed E-state index contributed by atoms with van der Waals surface area (Å²) in [6, 6.07) is 8.90. The Bertz CT molecular complexity index is 742. The minimum absolute atomic E-state index is 0.119. The number of aromatic nitrogens is 1. The zero-order valence-corrected chi connectivity index (χ0v) is 15.5. The van der Waals surface area contributed by atoms with Gasteiger partial charge in [-0.3, -0.25) is 4.79 Å². The van der Waals surface area contributed by atoms with E-state index in [0.29, 0.717) is 21.5 Å². The molecule has 1 aliphatic carbocycles. The van der Waals surface area contributed by atoms with Crippen molar-refractivity contribution in [1.29, 1.82) is 0 Å². The summed E-state index contributed by atoms with van der Waals surface area (Å²) >= 11 is 12.0. The zero-order valence-electron chi connectivity index (χ0n) is 14.0. The monoisotopic (exact) mass is 378 g/mol. The molecule has 1 saturated carbocycles. The summed E-state index contributed by atoms with van der Waals surface area (Å²) in [6.45, 7) is 2.00. The van der Waals surface area contributed by atoms with Gasteiger partial charge >= 0.3 is 0 Å². The molecule has 132 valence electrons. The molecule has 1 aromatic carbocycles. The largest absolute Gasteiger partial charge is 0.474 e. The molecule has 1 amide bonds. The average molecular weight is 379 g/mol. The summed E-state index contributed by atoms with van der Waals surface area (Å²) in [5.41, 5.74) is 1.52. The molecule has 1 aliphatic rings. The number of aryl methyl sites for hydroxylation is 1. The molecule has 1 heterocycles. The predicted octanol–water partition coefficient (Wildman–Crippen LogP) is 4.82. The maximum atomic E-state index is 12.4. The topological polar surface area (TPSA) is 51.2 Å². The number of hydrogen-bond donors (Lipinski definition) is 1. The molecule has 0 unspecified atom stereocenters. The number of rotatable bonds is 4. The van der Waals surface area contributed by atoms with Gasteiger partial charge in [-0.05, 0) is 56.4 Å². The van der Waals surface area contributed by atoms with Crippen LogP contribution in [0.1, 0.15) is 41.6 Å². The minimum Gasteiger partial charge on any atom is -0.474 e. The third-order valence-electron chi connectivity index (χ3n) is 4.35. The lowest BCUT2D eigenvalue weighted by molar-refractivity contribution is 0.0890. The predicted molar refractivity (Wildman–Crippen MR) is 99.6 cm³/mol. The normalized spacial score (nSPS) is 20.1. The fourth-order valence-electron chi connectivity index (χ4n) is 2.95. The van der Waals surface area contributed by atoms with E-state index in [1.54, 1.807) is 24.4 Å². The summed E-state index contributed by atoms with van der Waals surface area (Å²) in [6.07, 6.45) is 5.42. The maximum absolute atomic E-state index is 12.4. The van der Waals surface area contributed by atoms with Crippen molar-refractivity contribution >= 4 is 29.1 Å². The Kier molecular flexibility index (Phi) is 5.82. The molecule has 0 radical (unpaired) electrons. The van der Waals surface area contributed by atoms with E-state index >= 15 is 0 Å². The second-order valence-electron chi connectivity index (χ2n) is 6.36. The molecule has 1 aromatic heterocycles. The van der Waals surface area contributed by atoms with Crippen LogP contribution in [0, 0.1) is 6.92 Å². The standard InChI is InChI=1S/C19H20Cl2N2O2/c1-12-2-9-18(22-11-12)25-15-6-4-14(5-7-15)23-19(24)16-10-13(20)3-8-17(16)21/h2-3,8-11,14-15H,4-7H2,1H3,(H,23,24). The van der Waals surface area contributed by atoms with E-state index in [1.165, 1.54) is 0 Å².